The number of rotatable bonds is 6. The maximum atomic E-state index is 5.40. The van der Waals surface area contributed by atoms with Gasteiger partial charge < -0.3 is 19.5 Å². The van der Waals surface area contributed by atoms with Crippen LogP contribution in [-0.4, -0.2) is 38.3 Å². The van der Waals surface area contributed by atoms with Crippen molar-refractivity contribution in [3.63, 3.8) is 0 Å². The minimum Gasteiger partial charge on any atom is -0.497 e. The second-order valence-electron chi connectivity index (χ2n) is 4.30. The van der Waals surface area contributed by atoms with Crippen LogP contribution in [-0.2, 0) is 11.3 Å². The summed E-state index contributed by atoms with van der Waals surface area (Å²) in [5.74, 6) is 2.78. The van der Waals surface area contributed by atoms with Crippen LogP contribution in [0, 0.1) is 0 Å². The molecule has 0 saturated heterocycles. The first-order valence-electron chi connectivity index (χ1n) is 6.49. The Kier molecular flexibility index (Phi) is 4.94. The predicted molar refractivity (Wildman–Crippen MR) is 80.8 cm³/mol. The number of nitrogens with zero attached hydrogens (tertiary/aromatic N) is 2. The molecule has 1 N–H and O–H groups in total. The number of nitrogens with one attached hydrogen (secondary N) is 1. The molecular formula is C15H19N3O3. The van der Waals surface area contributed by atoms with Crippen molar-refractivity contribution in [2.75, 3.05) is 33.7 Å². The normalized spacial score (nSPS) is 10.3. The maximum absolute atomic E-state index is 5.40. The van der Waals surface area contributed by atoms with Gasteiger partial charge in [-0.2, -0.15) is 0 Å². The topological polar surface area (TPSA) is 65.5 Å². The average molecular weight is 289 g/mol. The number of hydrogen-bond donors (Lipinski definition) is 1. The van der Waals surface area contributed by atoms with Gasteiger partial charge in [0.2, 0.25) is 0 Å². The third-order valence-electron chi connectivity index (χ3n) is 2.98. The molecule has 2 aromatic rings. The van der Waals surface area contributed by atoms with Crippen LogP contribution in [0.3, 0.4) is 0 Å². The summed E-state index contributed by atoms with van der Waals surface area (Å²) in [7, 11) is 6.68. The molecule has 0 aliphatic rings. The van der Waals surface area contributed by atoms with Gasteiger partial charge in [0.1, 0.15) is 23.9 Å². The molecule has 0 spiro atoms. The lowest BCUT2D eigenvalue weighted by molar-refractivity contribution is 0.178. The number of anilines is 1. The van der Waals surface area contributed by atoms with E-state index in [9.17, 15) is 0 Å². The van der Waals surface area contributed by atoms with Crippen LogP contribution in [0.5, 0.6) is 11.5 Å². The number of ether oxygens (including phenoxy) is 3. The summed E-state index contributed by atoms with van der Waals surface area (Å²) in [6.07, 6.45) is 0. The monoisotopic (exact) mass is 289 g/mol. The van der Waals surface area contributed by atoms with E-state index in [4.69, 9.17) is 14.2 Å². The molecule has 21 heavy (non-hydrogen) atoms. The molecule has 1 aromatic heterocycles. The highest BCUT2D eigenvalue weighted by Crippen LogP contribution is 2.33. The summed E-state index contributed by atoms with van der Waals surface area (Å²) in [4.78, 5) is 8.86. The van der Waals surface area contributed by atoms with Gasteiger partial charge in [0.15, 0.2) is 5.82 Å². The lowest BCUT2D eigenvalue weighted by atomic mass is 10.1. The molecule has 0 fully saturated rings. The zero-order chi connectivity index (χ0) is 15.2. The molecule has 0 atom stereocenters. The van der Waals surface area contributed by atoms with E-state index >= 15 is 0 Å². The predicted octanol–water partition coefficient (Wildman–Crippen LogP) is 2.35. The third-order valence-corrected chi connectivity index (χ3v) is 2.98. The van der Waals surface area contributed by atoms with Gasteiger partial charge in [0, 0.05) is 25.8 Å². The van der Waals surface area contributed by atoms with Crippen molar-refractivity contribution in [1.29, 1.82) is 0 Å². The van der Waals surface area contributed by atoms with Gasteiger partial charge in [0.05, 0.1) is 19.9 Å². The van der Waals surface area contributed by atoms with E-state index in [-0.39, 0.29) is 0 Å². The van der Waals surface area contributed by atoms with Crippen LogP contribution >= 0.6 is 0 Å². The van der Waals surface area contributed by atoms with Gasteiger partial charge in [-0.05, 0) is 18.2 Å². The van der Waals surface area contributed by atoms with Gasteiger partial charge in [-0.25, -0.2) is 9.97 Å². The van der Waals surface area contributed by atoms with E-state index in [0.29, 0.717) is 12.4 Å². The Morgan fingerprint density at radius 3 is 2.48 bits per heavy atom. The Morgan fingerprint density at radius 1 is 1.05 bits per heavy atom. The molecule has 0 bridgehead atoms. The smallest absolute Gasteiger partial charge is 0.157 e. The highest BCUT2D eigenvalue weighted by molar-refractivity contribution is 5.71. The summed E-state index contributed by atoms with van der Waals surface area (Å²) in [6.45, 7) is 0.342. The fourth-order valence-corrected chi connectivity index (χ4v) is 1.97. The van der Waals surface area contributed by atoms with E-state index in [0.717, 1.165) is 28.6 Å². The van der Waals surface area contributed by atoms with E-state index in [1.165, 1.54) is 0 Å². The minimum atomic E-state index is 0.342. The standard InChI is InChI=1S/C15H19N3O3/c1-16-14-8-12(17-15(18-14)9-19-2)11-7-10(20-3)5-6-13(11)21-4/h5-8H,9H2,1-4H3,(H,16,17,18). The molecule has 1 aromatic carbocycles. The zero-order valence-corrected chi connectivity index (χ0v) is 12.6. The van der Waals surface area contributed by atoms with Gasteiger partial charge in [-0.15, -0.1) is 0 Å². The van der Waals surface area contributed by atoms with Crippen LogP contribution in [0.1, 0.15) is 5.82 Å². The quantitative estimate of drug-likeness (QED) is 0.880. The van der Waals surface area contributed by atoms with E-state index in [1.807, 2.05) is 31.3 Å². The van der Waals surface area contributed by atoms with E-state index in [2.05, 4.69) is 15.3 Å². The first kappa shape index (κ1) is 15.1. The van der Waals surface area contributed by atoms with Crippen LogP contribution in [0.2, 0.25) is 0 Å². The first-order valence-corrected chi connectivity index (χ1v) is 6.49. The summed E-state index contributed by atoms with van der Waals surface area (Å²) in [6, 6.07) is 7.44. The fraction of sp³-hybridized carbons (Fsp3) is 0.333. The molecule has 6 heteroatoms. The Hall–Kier alpha value is -2.34. The zero-order valence-electron chi connectivity index (χ0n) is 12.6. The second-order valence-corrected chi connectivity index (χ2v) is 4.30. The number of methoxy groups -OCH3 is 3. The average Bonchev–Trinajstić information content (AvgIpc) is 2.54. The van der Waals surface area contributed by atoms with Crippen molar-refractivity contribution >= 4 is 5.82 Å². The van der Waals surface area contributed by atoms with Crippen LogP contribution in [0.15, 0.2) is 24.3 Å². The van der Waals surface area contributed by atoms with Crippen molar-refractivity contribution in [2.24, 2.45) is 0 Å². The van der Waals surface area contributed by atoms with Crippen molar-refractivity contribution < 1.29 is 14.2 Å². The number of hydrogen-bond acceptors (Lipinski definition) is 6. The van der Waals surface area contributed by atoms with E-state index in [1.54, 1.807) is 21.3 Å². The first-order chi connectivity index (χ1) is 10.2. The summed E-state index contributed by atoms with van der Waals surface area (Å²) in [5.41, 5.74) is 1.59. The molecule has 0 amide bonds. The Morgan fingerprint density at radius 2 is 1.86 bits per heavy atom. The molecule has 0 aliphatic heterocycles. The van der Waals surface area contributed by atoms with Gasteiger partial charge in [0.25, 0.3) is 0 Å². The molecule has 0 saturated carbocycles. The lowest BCUT2D eigenvalue weighted by Gasteiger charge is -2.12. The van der Waals surface area contributed by atoms with Crippen LogP contribution < -0.4 is 14.8 Å². The van der Waals surface area contributed by atoms with Gasteiger partial charge in [-0.1, -0.05) is 0 Å². The Balaban J connectivity index is 2.56. The van der Waals surface area contributed by atoms with Crippen molar-refractivity contribution in [2.45, 2.75) is 6.61 Å². The highest BCUT2D eigenvalue weighted by atomic mass is 16.5. The SMILES string of the molecule is CNc1cc(-c2cc(OC)ccc2OC)nc(COC)n1. The third kappa shape index (κ3) is 3.41. The number of aromatic nitrogens is 2. The second kappa shape index (κ2) is 6.90. The summed E-state index contributed by atoms with van der Waals surface area (Å²) in [5, 5.41) is 3.02. The number of benzene rings is 1. The fourth-order valence-electron chi connectivity index (χ4n) is 1.97. The molecule has 112 valence electrons. The minimum absolute atomic E-state index is 0.342. The van der Waals surface area contributed by atoms with Crippen LogP contribution in [0.4, 0.5) is 5.82 Å². The molecule has 0 radical (unpaired) electrons. The van der Waals surface area contributed by atoms with Crippen LogP contribution in [0.25, 0.3) is 11.3 Å². The molecule has 0 aliphatic carbocycles. The van der Waals surface area contributed by atoms with Gasteiger partial charge in [-0.3, -0.25) is 0 Å². The molecule has 1 heterocycles. The highest BCUT2D eigenvalue weighted by Gasteiger charge is 2.12. The Labute approximate surface area is 124 Å². The van der Waals surface area contributed by atoms with Gasteiger partial charge >= 0.3 is 0 Å². The largest absolute Gasteiger partial charge is 0.497 e. The molecular weight excluding hydrogens is 270 g/mol. The summed E-state index contributed by atoms with van der Waals surface area (Å²) >= 11 is 0. The molecule has 6 nitrogen and oxygen atoms in total. The van der Waals surface area contributed by atoms with Crippen molar-refractivity contribution in [3.05, 3.63) is 30.1 Å². The maximum Gasteiger partial charge on any atom is 0.157 e. The van der Waals surface area contributed by atoms with Crippen molar-refractivity contribution in [1.82, 2.24) is 9.97 Å². The van der Waals surface area contributed by atoms with E-state index < -0.39 is 0 Å². The molecule has 0 unspecified atom stereocenters. The summed E-state index contributed by atoms with van der Waals surface area (Å²) < 4.78 is 15.8. The Bertz CT molecular complexity index is 617. The molecule has 2 rings (SSSR count). The lowest BCUT2D eigenvalue weighted by Crippen LogP contribution is -2.03. The van der Waals surface area contributed by atoms with Crippen molar-refractivity contribution in [3.8, 4) is 22.8 Å².